The quantitative estimate of drug-likeness (QED) is 0.826. The molecule has 2 unspecified atom stereocenters. The van der Waals surface area contributed by atoms with E-state index >= 15 is 0 Å². The molecule has 0 N–H and O–H groups in total. The van der Waals surface area contributed by atoms with Gasteiger partial charge in [-0.25, -0.2) is 0 Å². The Morgan fingerprint density at radius 1 is 1.11 bits per heavy atom. The number of benzene rings is 1. The van der Waals surface area contributed by atoms with Gasteiger partial charge in [0.05, 0.1) is 24.9 Å². The molecule has 0 aliphatic carbocycles. The Labute approximate surface area is 116 Å². The van der Waals surface area contributed by atoms with Crippen molar-refractivity contribution in [1.29, 1.82) is 0 Å². The summed E-state index contributed by atoms with van der Waals surface area (Å²) in [6.45, 7) is 7.60. The van der Waals surface area contributed by atoms with Crippen LogP contribution in [0.15, 0.2) is 30.3 Å². The Balaban J connectivity index is 1.67. The largest absolute Gasteiger partial charge is 0.374 e. The van der Waals surface area contributed by atoms with Gasteiger partial charge in [-0.05, 0) is 17.9 Å². The van der Waals surface area contributed by atoms with Crippen molar-refractivity contribution >= 4 is 0 Å². The van der Waals surface area contributed by atoms with Gasteiger partial charge in [0.1, 0.15) is 0 Å². The first-order valence-electron chi connectivity index (χ1n) is 7.48. The highest BCUT2D eigenvalue weighted by atomic mass is 16.5. The maximum Gasteiger partial charge on any atom is 0.0720 e. The fourth-order valence-electron chi connectivity index (χ4n) is 3.82. The minimum atomic E-state index is 0.328. The van der Waals surface area contributed by atoms with Crippen LogP contribution in [0.2, 0.25) is 0 Å². The summed E-state index contributed by atoms with van der Waals surface area (Å²) in [6.07, 6.45) is 2.31. The van der Waals surface area contributed by atoms with Crippen molar-refractivity contribution in [2.75, 3.05) is 0 Å². The second-order valence-corrected chi connectivity index (χ2v) is 6.33. The summed E-state index contributed by atoms with van der Waals surface area (Å²) < 4.78 is 12.4. The Bertz CT molecular complexity index is 417. The molecule has 1 aromatic carbocycles. The molecular formula is C17H24O2. The second kappa shape index (κ2) is 5.26. The first-order chi connectivity index (χ1) is 9.16. The molecule has 1 aromatic rings. The van der Waals surface area contributed by atoms with E-state index in [0.717, 1.165) is 0 Å². The number of ether oxygens (including phenoxy) is 2. The lowest BCUT2D eigenvalue weighted by Gasteiger charge is -2.40. The van der Waals surface area contributed by atoms with Gasteiger partial charge in [0, 0.05) is 11.8 Å². The second-order valence-electron chi connectivity index (χ2n) is 6.33. The summed E-state index contributed by atoms with van der Waals surface area (Å²) in [4.78, 5) is 0. The first kappa shape index (κ1) is 13.1. The Morgan fingerprint density at radius 3 is 2.58 bits per heavy atom. The van der Waals surface area contributed by atoms with E-state index in [0.29, 0.717) is 42.7 Å². The minimum absolute atomic E-state index is 0.328. The van der Waals surface area contributed by atoms with Crippen molar-refractivity contribution in [3.05, 3.63) is 35.9 Å². The van der Waals surface area contributed by atoms with E-state index in [4.69, 9.17) is 9.47 Å². The lowest BCUT2D eigenvalue weighted by molar-refractivity contribution is -0.157. The van der Waals surface area contributed by atoms with Crippen LogP contribution in [-0.2, 0) is 16.1 Å². The molecule has 3 rings (SSSR count). The highest BCUT2D eigenvalue weighted by Crippen LogP contribution is 2.44. The van der Waals surface area contributed by atoms with Crippen molar-refractivity contribution < 1.29 is 9.47 Å². The molecule has 0 aromatic heterocycles. The van der Waals surface area contributed by atoms with Gasteiger partial charge < -0.3 is 9.47 Å². The molecule has 2 bridgehead atoms. The Hall–Kier alpha value is -0.860. The van der Waals surface area contributed by atoms with Gasteiger partial charge in [-0.15, -0.1) is 0 Å². The summed E-state index contributed by atoms with van der Waals surface area (Å²) in [5.74, 6) is 1.67. The molecule has 2 aliphatic rings. The number of fused-ring (bicyclic) bond motifs is 2. The van der Waals surface area contributed by atoms with E-state index < -0.39 is 0 Å². The predicted octanol–water partition coefficient (Wildman–Crippen LogP) is 3.65. The average Bonchev–Trinajstić information content (AvgIpc) is 2.78. The topological polar surface area (TPSA) is 18.5 Å². The van der Waals surface area contributed by atoms with Crippen molar-refractivity contribution in [3.8, 4) is 0 Å². The molecule has 0 spiro atoms. The van der Waals surface area contributed by atoms with E-state index in [1.54, 1.807) is 0 Å². The predicted molar refractivity (Wildman–Crippen MR) is 75.8 cm³/mol. The molecule has 19 heavy (non-hydrogen) atoms. The van der Waals surface area contributed by atoms with Gasteiger partial charge in [0.15, 0.2) is 0 Å². The Morgan fingerprint density at radius 2 is 1.84 bits per heavy atom. The third kappa shape index (κ3) is 2.44. The van der Waals surface area contributed by atoms with Gasteiger partial charge in [-0.3, -0.25) is 0 Å². The molecule has 2 heteroatoms. The van der Waals surface area contributed by atoms with Crippen LogP contribution in [-0.4, -0.2) is 18.3 Å². The molecule has 104 valence electrons. The standard InChI is InChI=1S/C17H24O2/c1-11-9-15-12(2)17(13(3)16(11)19-15)18-10-14-7-5-4-6-8-14/h4-8,11-13,15-17H,9-10H2,1-3H3/t11-,12-,13-,15?,16?,17-/m0/s1. The average molecular weight is 260 g/mol. The maximum atomic E-state index is 6.24. The van der Waals surface area contributed by atoms with E-state index in [1.807, 2.05) is 6.07 Å². The summed E-state index contributed by atoms with van der Waals surface area (Å²) >= 11 is 0. The van der Waals surface area contributed by atoms with Crippen molar-refractivity contribution in [1.82, 2.24) is 0 Å². The van der Waals surface area contributed by atoms with Crippen LogP contribution >= 0.6 is 0 Å². The minimum Gasteiger partial charge on any atom is -0.374 e. The van der Waals surface area contributed by atoms with Crippen molar-refractivity contribution in [3.63, 3.8) is 0 Å². The molecule has 2 saturated heterocycles. The number of hydrogen-bond donors (Lipinski definition) is 0. The summed E-state index contributed by atoms with van der Waals surface area (Å²) in [5, 5.41) is 0. The monoisotopic (exact) mass is 260 g/mol. The molecule has 2 fully saturated rings. The fourth-order valence-corrected chi connectivity index (χ4v) is 3.82. The molecule has 0 radical (unpaired) electrons. The highest BCUT2D eigenvalue weighted by molar-refractivity contribution is 5.13. The fraction of sp³-hybridized carbons (Fsp3) is 0.647. The maximum absolute atomic E-state index is 6.24. The summed E-state index contributed by atoms with van der Waals surface area (Å²) in [7, 11) is 0. The van der Waals surface area contributed by atoms with Gasteiger partial charge in [0.25, 0.3) is 0 Å². The van der Waals surface area contributed by atoms with Crippen molar-refractivity contribution in [2.24, 2.45) is 17.8 Å². The highest BCUT2D eigenvalue weighted by Gasteiger charge is 2.49. The van der Waals surface area contributed by atoms with Gasteiger partial charge in [-0.2, -0.15) is 0 Å². The third-order valence-corrected chi connectivity index (χ3v) is 4.92. The molecule has 2 aliphatic heterocycles. The Kier molecular flexibility index (Phi) is 3.64. The van der Waals surface area contributed by atoms with E-state index in [9.17, 15) is 0 Å². The molecular weight excluding hydrogens is 236 g/mol. The van der Waals surface area contributed by atoms with Crippen LogP contribution in [0, 0.1) is 17.8 Å². The number of rotatable bonds is 3. The lowest BCUT2D eigenvalue weighted by Crippen LogP contribution is -2.45. The van der Waals surface area contributed by atoms with Gasteiger partial charge in [0.2, 0.25) is 0 Å². The third-order valence-electron chi connectivity index (χ3n) is 4.92. The lowest BCUT2D eigenvalue weighted by atomic mass is 9.85. The van der Waals surface area contributed by atoms with E-state index in [2.05, 4.69) is 45.0 Å². The van der Waals surface area contributed by atoms with Crippen LogP contribution in [0.5, 0.6) is 0 Å². The zero-order valence-corrected chi connectivity index (χ0v) is 12.1. The van der Waals surface area contributed by atoms with E-state index in [-0.39, 0.29) is 0 Å². The molecule has 2 heterocycles. The summed E-state index contributed by atoms with van der Waals surface area (Å²) in [5.41, 5.74) is 1.26. The van der Waals surface area contributed by atoms with Crippen LogP contribution in [0.25, 0.3) is 0 Å². The zero-order chi connectivity index (χ0) is 13.4. The normalized spacial score (nSPS) is 41.4. The van der Waals surface area contributed by atoms with Gasteiger partial charge >= 0.3 is 0 Å². The van der Waals surface area contributed by atoms with Crippen LogP contribution < -0.4 is 0 Å². The molecule has 0 amide bonds. The van der Waals surface area contributed by atoms with Crippen LogP contribution in [0.3, 0.4) is 0 Å². The van der Waals surface area contributed by atoms with Crippen LogP contribution in [0.1, 0.15) is 32.8 Å². The molecule has 0 saturated carbocycles. The molecule has 6 atom stereocenters. The van der Waals surface area contributed by atoms with Crippen LogP contribution in [0.4, 0.5) is 0 Å². The van der Waals surface area contributed by atoms with Gasteiger partial charge in [-0.1, -0.05) is 51.1 Å². The zero-order valence-electron chi connectivity index (χ0n) is 12.1. The number of hydrogen-bond acceptors (Lipinski definition) is 2. The summed E-state index contributed by atoms with van der Waals surface area (Å²) in [6, 6.07) is 10.4. The van der Waals surface area contributed by atoms with Crippen molar-refractivity contribution in [2.45, 2.75) is 52.1 Å². The smallest absolute Gasteiger partial charge is 0.0720 e. The first-order valence-corrected chi connectivity index (χ1v) is 7.48. The van der Waals surface area contributed by atoms with E-state index in [1.165, 1.54) is 12.0 Å². The SMILES string of the molecule is C[C@H]1CC2OC1[C@H](C)[C@@H](OCc1ccccc1)[C@H]2C. The molecule has 2 nitrogen and oxygen atoms in total.